The summed E-state index contributed by atoms with van der Waals surface area (Å²) in [6, 6.07) is 17.2. The highest BCUT2D eigenvalue weighted by Gasteiger charge is 2.41. The van der Waals surface area contributed by atoms with E-state index in [0.29, 0.717) is 23.6 Å². The second kappa shape index (κ2) is 7.14. The molecule has 4 aromatic rings. The lowest BCUT2D eigenvalue weighted by molar-refractivity contribution is 0.245. The molecule has 1 N–H and O–H groups in total. The van der Waals surface area contributed by atoms with Crippen LogP contribution in [-0.4, -0.2) is 50.2 Å². The van der Waals surface area contributed by atoms with Crippen molar-refractivity contribution in [1.29, 1.82) is 0 Å². The molecule has 0 amide bonds. The molecule has 2 fully saturated rings. The van der Waals surface area contributed by atoms with Crippen LogP contribution in [0, 0.1) is 5.92 Å². The van der Waals surface area contributed by atoms with Crippen molar-refractivity contribution < 1.29 is 4.42 Å². The van der Waals surface area contributed by atoms with Crippen LogP contribution in [0.1, 0.15) is 12.0 Å². The molecule has 3 aromatic heterocycles. The van der Waals surface area contributed by atoms with Gasteiger partial charge in [0.05, 0.1) is 0 Å². The van der Waals surface area contributed by atoms with E-state index < -0.39 is 0 Å². The first-order valence-electron chi connectivity index (χ1n) is 10.4. The van der Waals surface area contributed by atoms with Gasteiger partial charge in [0.25, 0.3) is 5.78 Å². The fourth-order valence-corrected chi connectivity index (χ4v) is 4.77. The molecule has 152 valence electrons. The molecule has 0 saturated carbocycles. The average Bonchev–Trinajstić information content (AvgIpc) is 3.54. The summed E-state index contributed by atoms with van der Waals surface area (Å²) in [5, 5.41) is 7.49. The number of fused-ring (bicyclic) bond motifs is 2. The molecular weight excluding hydrogens is 378 g/mol. The first-order valence-corrected chi connectivity index (χ1v) is 10.4. The van der Waals surface area contributed by atoms with E-state index in [4.69, 9.17) is 4.42 Å². The van der Waals surface area contributed by atoms with Gasteiger partial charge in [0.1, 0.15) is 12.1 Å². The molecule has 2 aliphatic heterocycles. The maximum absolute atomic E-state index is 6.13. The molecule has 0 bridgehead atoms. The van der Waals surface area contributed by atoms with Gasteiger partial charge in [-0.2, -0.15) is 14.6 Å². The molecular formula is C22H23N7O. The monoisotopic (exact) mass is 401 g/mol. The molecule has 5 heterocycles. The first-order chi connectivity index (χ1) is 14.8. The summed E-state index contributed by atoms with van der Waals surface area (Å²) in [4.78, 5) is 13.3. The summed E-state index contributed by atoms with van der Waals surface area (Å²) >= 11 is 0. The van der Waals surface area contributed by atoms with E-state index in [-0.39, 0.29) is 0 Å². The van der Waals surface area contributed by atoms with Crippen molar-refractivity contribution in [3.05, 3.63) is 66.6 Å². The zero-order chi connectivity index (χ0) is 19.9. The van der Waals surface area contributed by atoms with Gasteiger partial charge >= 0.3 is 0 Å². The molecule has 6 rings (SSSR count). The van der Waals surface area contributed by atoms with Gasteiger partial charge in [0.15, 0.2) is 5.88 Å². The van der Waals surface area contributed by atoms with E-state index in [1.54, 1.807) is 10.7 Å². The summed E-state index contributed by atoms with van der Waals surface area (Å²) in [7, 11) is 0. The third kappa shape index (κ3) is 3.09. The highest BCUT2D eigenvalue weighted by Crippen LogP contribution is 2.36. The van der Waals surface area contributed by atoms with Crippen molar-refractivity contribution in [2.24, 2.45) is 5.92 Å². The van der Waals surface area contributed by atoms with Gasteiger partial charge < -0.3 is 14.6 Å². The van der Waals surface area contributed by atoms with Gasteiger partial charge in [-0.1, -0.05) is 30.3 Å². The Bertz CT molecular complexity index is 1150. The van der Waals surface area contributed by atoms with Crippen LogP contribution in [0.25, 0.3) is 5.78 Å². The minimum absolute atomic E-state index is 0.553. The van der Waals surface area contributed by atoms with Crippen molar-refractivity contribution in [3.63, 3.8) is 0 Å². The molecule has 2 unspecified atom stereocenters. The second-order valence-electron chi connectivity index (χ2n) is 8.04. The minimum atomic E-state index is 0.553. The zero-order valence-corrected chi connectivity index (χ0v) is 16.6. The minimum Gasteiger partial charge on any atom is -0.425 e. The molecule has 0 spiro atoms. The van der Waals surface area contributed by atoms with Crippen LogP contribution in [0.15, 0.2) is 65.5 Å². The van der Waals surface area contributed by atoms with Gasteiger partial charge in [0, 0.05) is 44.0 Å². The van der Waals surface area contributed by atoms with Crippen LogP contribution < -0.4 is 10.2 Å². The summed E-state index contributed by atoms with van der Waals surface area (Å²) in [6.45, 7) is 4.26. The summed E-state index contributed by atoms with van der Waals surface area (Å²) in [5.41, 5.74) is 1.39. The molecule has 8 nitrogen and oxygen atoms in total. The van der Waals surface area contributed by atoms with Crippen molar-refractivity contribution in [2.75, 3.05) is 29.9 Å². The Kier molecular flexibility index (Phi) is 4.16. The average molecular weight is 401 g/mol. The first kappa shape index (κ1) is 17.5. The number of aromatic nitrogens is 4. The summed E-state index contributed by atoms with van der Waals surface area (Å²) in [5.74, 6) is 3.62. The fraction of sp³-hybridized carbons (Fsp3) is 0.318. The number of nitrogens with zero attached hydrogens (tertiary/aromatic N) is 6. The molecule has 30 heavy (non-hydrogen) atoms. The lowest BCUT2D eigenvalue weighted by atomic mass is 10.0. The number of nitrogens with one attached hydrogen (secondary N) is 1. The third-order valence-electron chi connectivity index (χ3n) is 6.23. The molecule has 2 saturated heterocycles. The molecule has 8 heteroatoms. The molecule has 0 radical (unpaired) electrons. The van der Waals surface area contributed by atoms with Crippen LogP contribution >= 0.6 is 0 Å². The Morgan fingerprint density at radius 1 is 1.03 bits per heavy atom. The predicted molar refractivity (Wildman–Crippen MR) is 114 cm³/mol. The van der Waals surface area contributed by atoms with Gasteiger partial charge in [-0.3, -0.25) is 4.90 Å². The number of benzene rings is 1. The van der Waals surface area contributed by atoms with Gasteiger partial charge in [-0.05, 0) is 30.5 Å². The largest absolute Gasteiger partial charge is 0.425 e. The van der Waals surface area contributed by atoms with E-state index in [2.05, 4.69) is 60.5 Å². The Morgan fingerprint density at radius 2 is 1.97 bits per heavy atom. The number of likely N-dealkylation sites (tertiary alicyclic amines) is 1. The second-order valence-corrected chi connectivity index (χ2v) is 8.04. The number of hydrogen-bond donors (Lipinski definition) is 1. The van der Waals surface area contributed by atoms with Crippen molar-refractivity contribution >= 4 is 23.4 Å². The number of rotatable bonds is 5. The lowest BCUT2D eigenvalue weighted by Gasteiger charge is -2.24. The summed E-state index contributed by atoms with van der Waals surface area (Å²) < 4.78 is 7.79. The molecule has 1 aromatic carbocycles. The van der Waals surface area contributed by atoms with Crippen LogP contribution in [0.4, 0.5) is 17.6 Å². The Balaban J connectivity index is 1.15. The number of anilines is 3. The maximum Gasteiger partial charge on any atom is 0.254 e. The van der Waals surface area contributed by atoms with Crippen LogP contribution in [-0.2, 0) is 6.54 Å². The lowest BCUT2D eigenvalue weighted by Crippen LogP contribution is -2.34. The summed E-state index contributed by atoms with van der Waals surface area (Å²) in [6.07, 6.45) is 4.45. The van der Waals surface area contributed by atoms with Crippen molar-refractivity contribution in [1.82, 2.24) is 24.5 Å². The van der Waals surface area contributed by atoms with Gasteiger partial charge in [-0.25, -0.2) is 4.98 Å². The Labute approximate surface area is 174 Å². The number of hydrogen-bond acceptors (Lipinski definition) is 7. The Hall–Kier alpha value is -3.39. The van der Waals surface area contributed by atoms with Crippen LogP contribution in [0.5, 0.6) is 0 Å². The highest BCUT2D eigenvalue weighted by molar-refractivity contribution is 5.56. The van der Waals surface area contributed by atoms with E-state index in [1.807, 2.05) is 18.2 Å². The molecule has 2 atom stereocenters. The topological polar surface area (TPSA) is 74.7 Å². The number of furan rings is 1. The Morgan fingerprint density at radius 3 is 2.90 bits per heavy atom. The van der Waals surface area contributed by atoms with Crippen molar-refractivity contribution in [3.8, 4) is 0 Å². The normalized spacial score (nSPS) is 21.4. The van der Waals surface area contributed by atoms with Gasteiger partial charge in [-0.15, -0.1) is 0 Å². The SMILES string of the molecule is c1ccc(CN2CCC3CN(c4ccc(Nc5ccnc6ncnn56)o4)CC32)cc1. The van der Waals surface area contributed by atoms with E-state index in [9.17, 15) is 0 Å². The highest BCUT2D eigenvalue weighted by atomic mass is 16.4. The quantitative estimate of drug-likeness (QED) is 0.550. The van der Waals surface area contributed by atoms with Crippen LogP contribution in [0.2, 0.25) is 0 Å². The smallest absolute Gasteiger partial charge is 0.254 e. The van der Waals surface area contributed by atoms with E-state index in [0.717, 1.165) is 31.3 Å². The van der Waals surface area contributed by atoms with Crippen molar-refractivity contribution in [2.45, 2.75) is 19.0 Å². The van der Waals surface area contributed by atoms with Gasteiger partial charge in [0.2, 0.25) is 5.88 Å². The van der Waals surface area contributed by atoms with Crippen LogP contribution in [0.3, 0.4) is 0 Å². The predicted octanol–water partition coefficient (Wildman–Crippen LogP) is 3.17. The zero-order valence-electron chi connectivity index (χ0n) is 16.6. The molecule has 0 aliphatic carbocycles. The van der Waals surface area contributed by atoms with E-state index in [1.165, 1.54) is 24.9 Å². The fourth-order valence-electron chi connectivity index (χ4n) is 4.77. The third-order valence-corrected chi connectivity index (χ3v) is 6.23. The molecule has 2 aliphatic rings. The van der Waals surface area contributed by atoms with E-state index >= 15 is 0 Å². The standard InChI is InChI=1S/C22H23N7O/c1-2-4-16(5-3-1)12-27-11-9-17-13-28(14-18(17)27)21-7-6-20(30-21)26-19-8-10-23-22-24-15-25-29(19)22/h1-8,10,15,17-18,26H,9,11-14H2. The maximum atomic E-state index is 6.13.